The van der Waals surface area contributed by atoms with Gasteiger partial charge in [0.1, 0.15) is 18.5 Å². The van der Waals surface area contributed by atoms with Gasteiger partial charge in [0.2, 0.25) is 0 Å². The molecule has 3 rings (SSSR count). The van der Waals surface area contributed by atoms with E-state index < -0.39 is 0 Å². The number of rotatable bonds is 5. The number of epoxide rings is 1. The maximum atomic E-state index is 5.95. The molecule has 0 bridgehead atoms. The van der Waals surface area contributed by atoms with E-state index in [0.29, 0.717) is 12.7 Å². The van der Waals surface area contributed by atoms with Gasteiger partial charge in [-0.1, -0.05) is 25.1 Å². The van der Waals surface area contributed by atoms with Crippen LogP contribution >= 0.6 is 0 Å². The first-order valence-corrected chi connectivity index (χ1v) is 6.94. The smallest absolute Gasteiger partial charge is 0.127 e. The second kappa shape index (κ2) is 5.15. The Labute approximate surface area is 109 Å². The van der Waals surface area contributed by atoms with Crippen molar-refractivity contribution in [3.05, 3.63) is 35.4 Å². The summed E-state index contributed by atoms with van der Waals surface area (Å²) in [6, 6.07) is 6.41. The van der Waals surface area contributed by atoms with Gasteiger partial charge in [-0.05, 0) is 42.9 Å². The van der Waals surface area contributed by atoms with Gasteiger partial charge in [0, 0.05) is 5.56 Å². The van der Waals surface area contributed by atoms with Crippen LogP contribution in [0.15, 0.2) is 24.3 Å². The van der Waals surface area contributed by atoms with Crippen LogP contribution in [0.4, 0.5) is 0 Å². The molecule has 0 aromatic heterocycles. The highest BCUT2D eigenvalue weighted by Gasteiger charge is 2.24. The Kier molecular flexibility index (Phi) is 3.37. The van der Waals surface area contributed by atoms with Gasteiger partial charge in [-0.2, -0.15) is 0 Å². The molecule has 0 N–H and O–H groups in total. The quantitative estimate of drug-likeness (QED) is 0.738. The maximum Gasteiger partial charge on any atom is 0.127 e. The molecular weight excluding hydrogens is 224 g/mol. The van der Waals surface area contributed by atoms with E-state index in [2.05, 4.69) is 31.2 Å². The molecule has 2 nitrogen and oxygen atoms in total. The number of ether oxygens (including phenoxy) is 2. The van der Waals surface area contributed by atoms with Crippen molar-refractivity contribution in [1.82, 2.24) is 0 Å². The lowest BCUT2D eigenvalue weighted by Crippen LogP contribution is -2.06. The molecule has 2 heteroatoms. The zero-order chi connectivity index (χ0) is 12.4. The molecule has 18 heavy (non-hydrogen) atoms. The lowest BCUT2D eigenvalue weighted by molar-refractivity contribution is 0.262. The second-order valence-electron chi connectivity index (χ2n) is 5.03. The second-order valence-corrected chi connectivity index (χ2v) is 5.03. The number of benzene rings is 1. The van der Waals surface area contributed by atoms with Gasteiger partial charge in [0.05, 0.1) is 6.61 Å². The standard InChI is InChI=1S/C16H20O2/c1-2-12-8-5-9-15(18-11-14-10-17-14)16(12)13-6-3-4-7-13/h5-6,8-9,14H,2-4,7,10-11H2,1H3. The Morgan fingerprint density at radius 3 is 2.94 bits per heavy atom. The molecule has 1 aromatic carbocycles. The third-order valence-corrected chi connectivity index (χ3v) is 3.68. The van der Waals surface area contributed by atoms with Crippen LogP contribution in [-0.4, -0.2) is 19.3 Å². The molecule has 0 saturated carbocycles. The van der Waals surface area contributed by atoms with Crippen molar-refractivity contribution in [3.63, 3.8) is 0 Å². The largest absolute Gasteiger partial charge is 0.490 e. The molecular formula is C16H20O2. The van der Waals surface area contributed by atoms with E-state index in [1.165, 1.54) is 36.0 Å². The normalized spacial score (nSPS) is 21.8. The maximum absolute atomic E-state index is 5.95. The van der Waals surface area contributed by atoms with E-state index in [-0.39, 0.29) is 0 Å². The molecule has 0 radical (unpaired) electrons. The minimum Gasteiger partial charge on any atom is -0.490 e. The van der Waals surface area contributed by atoms with E-state index in [0.717, 1.165) is 18.8 Å². The summed E-state index contributed by atoms with van der Waals surface area (Å²) in [7, 11) is 0. The molecule has 1 atom stereocenters. The number of allylic oxidation sites excluding steroid dienone is 2. The van der Waals surface area contributed by atoms with Crippen molar-refractivity contribution in [1.29, 1.82) is 0 Å². The molecule has 0 amide bonds. The summed E-state index contributed by atoms with van der Waals surface area (Å²) >= 11 is 0. The number of hydrogen-bond donors (Lipinski definition) is 0. The molecule has 1 fully saturated rings. The SMILES string of the molecule is CCc1cccc(OCC2CO2)c1C1=CCCC1. The lowest BCUT2D eigenvalue weighted by Gasteiger charge is -2.15. The van der Waals surface area contributed by atoms with Crippen molar-refractivity contribution >= 4 is 5.57 Å². The van der Waals surface area contributed by atoms with Gasteiger partial charge in [0.25, 0.3) is 0 Å². The highest BCUT2D eigenvalue weighted by Crippen LogP contribution is 2.36. The van der Waals surface area contributed by atoms with Gasteiger partial charge in [-0.25, -0.2) is 0 Å². The van der Waals surface area contributed by atoms with Gasteiger partial charge in [-0.3, -0.25) is 0 Å². The molecule has 2 aliphatic rings. The number of aryl methyl sites for hydroxylation is 1. The first-order chi connectivity index (χ1) is 8.88. The summed E-state index contributed by atoms with van der Waals surface area (Å²) < 4.78 is 11.2. The van der Waals surface area contributed by atoms with Crippen LogP contribution < -0.4 is 4.74 Å². The van der Waals surface area contributed by atoms with Crippen LogP contribution in [0.3, 0.4) is 0 Å². The van der Waals surface area contributed by atoms with Gasteiger partial charge >= 0.3 is 0 Å². The minimum atomic E-state index is 0.320. The highest BCUT2D eigenvalue weighted by molar-refractivity contribution is 5.74. The van der Waals surface area contributed by atoms with E-state index in [1.54, 1.807) is 0 Å². The van der Waals surface area contributed by atoms with Crippen LogP contribution in [0, 0.1) is 0 Å². The number of hydrogen-bond acceptors (Lipinski definition) is 2. The van der Waals surface area contributed by atoms with Gasteiger partial charge < -0.3 is 9.47 Å². The zero-order valence-corrected chi connectivity index (χ0v) is 10.9. The highest BCUT2D eigenvalue weighted by atomic mass is 16.6. The Morgan fingerprint density at radius 1 is 1.39 bits per heavy atom. The fourth-order valence-corrected chi connectivity index (χ4v) is 2.60. The minimum absolute atomic E-state index is 0.320. The summed E-state index contributed by atoms with van der Waals surface area (Å²) in [6.07, 6.45) is 7.42. The summed E-state index contributed by atoms with van der Waals surface area (Å²) in [5, 5.41) is 0. The van der Waals surface area contributed by atoms with Crippen LogP contribution in [0.5, 0.6) is 5.75 Å². The first-order valence-electron chi connectivity index (χ1n) is 6.94. The lowest BCUT2D eigenvalue weighted by atomic mass is 9.96. The van der Waals surface area contributed by atoms with Crippen molar-refractivity contribution in [2.45, 2.75) is 38.7 Å². The fraction of sp³-hybridized carbons (Fsp3) is 0.500. The van der Waals surface area contributed by atoms with Crippen molar-refractivity contribution in [3.8, 4) is 5.75 Å². The summed E-state index contributed by atoms with van der Waals surface area (Å²) in [5.74, 6) is 1.04. The molecule has 1 aliphatic heterocycles. The van der Waals surface area contributed by atoms with Crippen molar-refractivity contribution in [2.24, 2.45) is 0 Å². The molecule has 0 spiro atoms. The molecule has 1 heterocycles. The van der Waals surface area contributed by atoms with Crippen LogP contribution in [-0.2, 0) is 11.2 Å². The Morgan fingerprint density at radius 2 is 2.28 bits per heavy atom. The summed E-state index contributed by atoms with van der Waals surface area (Å²) in [5.41, 5.74) is 4.22. The van der Waals surface area contributed by atoms with Crippen molar-refractivity contribution in [2.75, 3.05) is 13.2 Å². The van der Waals surface area contributed by atoms with Crippen molar-refractivity contribution < 1.29 is 9.47 Å². The molecule has 96 valence electrons. The molecule has 1 aliphatic carbocycles. The Bertz CT molecular complexity index is 458. The van der Waals surface area contributed by atoms with E-state index in [9.17, 15) is 0 Å². The Balaban J connectivity index is 1.89. The Hall–Kier alpha value is -1.28. The van der Waals surface area contributed by atoms with E-state index in [4.69, 9.17) is 9.47 Å². The first kappa shape index (κ1) is 11.8. The van der Waals surface area contributed by atoms with Crippen LogP contribution in [0.2, 0.25) is 0 Å². The van der Waals surface area contributed by atoms with Crippen LogP contribution in [0.1, 0.15) is 37.3 Å². The predicted molar refractivity (Wildman–Crippen MR) is 72.9 cm³/mol. The van der Waals surface area contributed by atoms with Gasteiger partial charge in [0.15, 0.2) is 0 Å². The molecule has 1 unspecified atom stereocenters. The van der Waals surface area contributed by atoms with E-state index in [1.807, 2.05) is 0 Å². The summed E-state index contributed by atoms with van der Waals surface area (Å²) in [6.45, 7) is 3.75. The molecule has 1 aromatic rings. The van der Waals surface area contributed by atoms with Gasteiger partial charge in [-0.15, -0.1) is 0 Å². The third-order valence-electron chi connectivity index (χ3n) is 3.68. The fourth-order valence-electron chi connectivity index (χ4n) is 2.60. The zero-order valence-electron chi connectivity index (χ0n) is 10.9. The average molecular weight is 244 g/mol. The van der Waals surface area contributed by atoms with E-state index >= 15 is 0 Å². The molecule has 1 saturated heterocycles. The topological polar surface area (TPSA) is 21.8 Å². The average Bonchev–Trinajstić information content (AvgIpc) is 3.08. The predicted octanol–water partition coefficient (Wildman–Crippen LogP) is 3.59. The third kappa shape index (κ3) is 2.44. The summed E-state index contributed by atoms with van der Waals surface area (Å²) in [4.78, 5) is 0. The van der Waals surface area contributed by atoms with Crippen LogP contribution in [0.25, 0.3) is 5.57 Å². The monoisotopic (exact) mass is 244 g/mol.